The van der Waals surface area contributed by atoms with Crippen LogP contribution in [0.2, 0.25) is 0 Å². The number of esters is 1. The molecule has 1 N–H and O–H groups in total. The molecule has 2 rings (SSSR count). The quantitative estimate of drug-likeness (QED) is 0.822. The van der Waals surface area contributed by atoms with Crippen LogP contribution in [0, 0.1) is 0 Å². The number of hydrogen-bond donors (Lipinski definition) is 1. The molecule has 0 unspecified atom stereocenters. The van der Waals surface area contributed by atoms with Crippen LogP contribution in [-0.4, -0.2) is 47.6 Å². The standard InChI is InChI=1S/C11H16F2N4O2/c1-19-11(18)9-10(7-2-4-14-5-3-7)17(16-15-9)6-8(12)13/h7-8,14H,2-6H2,1H3. The minimum absolute atomic E-state index is 0.00380. The maximum absolute atomic E-state index is 12.5. The first kappa shape index (κ1) is 13.9. The molecule has 1 aliphatic rings. The lowest BCUT2D eigenvalue weighted by Gasteiger charge is -2.23. The van der Waals surface area contributed by atoms with Gasteiger partial charge >= 0.3 is 5.97 Å². The average Bonchev–Trinajstić information content (AvgIpc) is 2.81. The molecule has 106 valence electrons. The van der Waals surface area contributed by atoms with Crippen LogP contribution in [0.5, 0.6) is 0 Å². The summed E-state index contributed by atoms with van der Waals surface area (Å²) < 4.78 is 30.8. The van der Waals surface area contributed by atoms with E-state index < -0.39 is 18.9 Å². The molecular weight excluding hydrogens is 258 g/mol. The number of carbonyl (C=O) groups excluding carboxylic acids is 1. The number of carbonyl (C=O) groups is 1. The van der Waals surface area contributed by atoms with E-state index in [2.05, 4.69) is 20.4 Å². The van der Waals surface area contributed by atoms with Crippen LogP contribution in [0.25, 0.3) is 0 Å². The molecule has 0 radical (unpaired) electrons. The normalized spacial score (nSPS) is 16.8. The fraction of sp³-hybridized carbons (Fsp3) is 0.727. The zero-order chi connectivity index (χ0) is 13.8. The average molecular weight is 274 g/mol. The van der Waals surface area contributed by atoms with Gasteiger partial charge in [0.25, 0.3) is 6.43 Å². The van der Waals surface area contributed by atoms with Gasteiger partial charge in [0.05, 0.1) is 12.8 Å². The molecule has 2 heterocycles. The number of hydrogen-bond acceptors (Lipinski definition) is 5. The largest absolute Gasteiger partial charge is 0.464 e. The molecule has 8 heteroatoms. The lowest BCUT2D eigenvalue weighted by molar-refractivity contribution is 0.0591. The Morgan fingerprint density at radius 1 is 1.53 bits per heavy atom. The van der Waals surface area contributed by atoms with E-state index in [-0.39, 0.29) is 11.6 Å². The van der Waals surface area contributed by atoms with Gasteiger partial charge in [0.1, 0.15) is 6.54 Å². The molecule has 0 amide bonds. The van der Waals surface area contributed by atoms with Crippen molar-refractivity contribution in [2.45, 2.75) is 31.7 Å². The number of ether oxygens (including phenoxy) is 1. The Kier molecular flexibility index (Phi) is 4.41. The van der Waals surface area contributed by atoms with Gasteiger partial charge in [-0.3, -0.25) is 0 Å². The zero-order valence-electron chi connectivity index (χ0n) is 10.6. The maximum Gasteiger partial charge on any atom is 0.360 e. The Bertz CT molecular complexity index is 444. The Hall–Kier alpha value is -1.57. The molecule has 1 aliphatic heterocycles. The van der Waals surface area contributed by atoms with Crippen molar-refractivity contribution in [3.05, 3.63) is 11.4 Å². The summed E-state index contributed by atoms with van der Waals surface area (Å²) in [6.07, 6.45) is -1.01. The van der Waals surface area contributed by atoms with E-state index in [1.807, 2.05) is 0 Å². The monoisotopic (exact) mass is 274 g/mol. The summed E-state index contributed by atoms with van der Waals surface area (Å²) in [5.41, 5.74) is 0.517. The van der Waals surface area contributed by atoms with Crippen molar-refractivity contribution < 1.29 is 18.3 Å². The van der Waals surface area contributed by atoms with Gasteiger partial charge in [-0.2, -0.15) is 0 Å². The van der Waals surface area contributed by atoms with Crippen LogP contribution in [0.1, 0.15) is 34.9 Å². The van der Waals surface area contributed by atoms with E-state index in [0.29, 0.717) is 5.69 Å². The number of aromatic nitrogens is 3. The third kappa shape index (κ3) is 3.06. The molecule has 1 aromatic rings. The van der Waals surface area contributed by atoms with Crippen LogP contribution >= 0.6 is 0 Å². The smallest absolute Gasteiger partial charge is 0.360 e. The highest BCUT2D eigenvalue weighted by Gasteiger charge is 2.29. The number of rotatable bonds is 4. The van der Waals surface area contributed by atoms with Crippen molar-refractivity contribution in [3.63, 3.8) is 0 Å². The summed E-state index contributed by atoms with van der Waals surface area (Å²) >= 11 is 0. The second-order valence-corrected chi connectivity index (χ2v) is 4.41. The second-order valence-electron chi connectivity index (χ2n) is 4.41. The highest BCUT2D eigenvalue weighted by atomic mass is 19.3. The minimum Gasteiger partial charge on any atom is -0.464 e. The van der Waals surface area contributed by atoms with Gasteiger partial charge in [-0.25, -0.2) is 18.3 Å². The summed E-state index contributed by atoms with van der Waals surface area (Å²) in [4.78, 5) is 11.6. The molecule has 0 aliphatic carbocycles. The molecular formula is C11H16F2N4O2. The number of piperidine rings is 1. The van der Waals surface area contributed by atoms with E-state index in [4.69, 9.17) is 0 Å². The number of nitrogens with zero attached hydrogens (tertiary/aromatic N) is 3. The van der Waals surface area contributed by atoms with Crippen LogP contribution in [0.4, 0.5) is 8.78 Å². The number of alkyl halides is 2. The predicted molar refractivity (Wildman–Crippen MR) is 62.2 cm³/mol. The van der Waals surface area contributed by atoms with Crippen LogP contribution in [0.3, 0.4) is 0 Å². The van der Waals surface area contributed by atoms with Crippen LogP contribution < -0.4 is 5.32 Å². The minimum atomic E-state index is -2.53. The Morgan fingerprint density at radius 2 is 2.21 bits per heavy atom. The Morgan fingerprint density at radius 3 is 2.79 bits per heavy atom. The predicted octanol–water partition coefficient (Wildman–Crippen LogP) is 0.797. The van der Waals surface area contributed by atoms with Gasteiger partial charge in [-0.15, -0.1) is 5.10 Å². The summed E-state index contributed by atoms with van der Waals surface area (Å²) in [7, 11) is 1.24. The molecule has 0 bridgehead atoms. The highest BCUT2D eigenvalue weighted by Crippen LogP contribution is 2.27. The van der Waals surface area contributed by atoms with Gasteiger partial charge in [0.2, 0.25) is 0 Å². The zero-order valence-corrected chi connectivity index (χ0v) is 10.6. The van der Waals surface area contributed by atoms with E-state index in [1.165, 1.54) is 7.11 Å². The molecule has 0 spiro atoms. The fourth-order valence-corrected chi connectivity index (χ4v) is 2.33. The van der Waals surface area contributed by atoms with Gasteiger partial charge in [0, 0.05) is 5.92 Å². The maximum atomic E-state index is 12.5. The van der Waals surface area contributed by atoms with Gasteiger partial charge in [-0.05, 0) is 25.9 Å². The molecule has 0 saturated carbocycles. The summed E-state index contributed by atoms with van der Waals surface area (Å²) in [6, 6.07) is 0. The molecule has 0 aromatic carbocycles. The number of methoxy groups -OCH3 is 1. The molecule has 19 heavy (non-hydrogen) atoms. The van der Waals surface area contributed by atoms with Crippen molar-refractivity contribution in [2.75, 3.05) is 20.2 Å². The fourth-order valence-electron chi connectivity index (χ4n) is 2.33. The lowest BCUT2D eigenvalue weighted by atomic mass is 9.93. The van der Waals surface area contributed by atoms with Crippen molar-refractivity contribution in [2.24, 2.45) is 0 Å². The first-order valence-corrected chi connectivity index (χ1v) is 6.14. The number of nitrogens with one attached hydrogen (secondary N) is 1. The van der Waals surface area contributed by atoms with Crippen molar-refractivity contribution in [1.29, 1.82) is 0 Å². The third-order valence-corrected chi connectivity index (χ3v) is 3.19. The Balaban J connectivity index is 2.33. The summed E-state index contributed by atoms with van der Waals surface area (Å²) in [5, 5.41) is 10.6. The molecule has 1 aromatic heterocycles. The van der Waals surface area contributed by atoms with Crippen LogP contribution in [-0.2, 0) is 11.3 Å². The second kappa shape index (κ2) is 6.05. The van der Waals surface area contributed by atoms with Gasteiger partial charge in [-0.1, -0.05) is 5.21 Å². The first-order chi connectivity index (χ1) is 9.13. The number of halogens is 2. The first-order valence-electron chi connectivity index (χ1n) is 6.14. The van der Waals surface area contributed by atoms with E-state index in [0.717, 1.165) is 30.6 Å². The highest BCUT2D eigenvalue weighted by molar-refractivity contribution is 5.88. The SMILES string of the molecule is COC(=O)c1nnn(CC(F)F)c1C1CCNCC1. The summed E-state index contributed by atoms with van der Waals surface area (Å²) in [6.45, 7) is 1.01. The third-order valence-electron chi connectivity index (χ3n) is 3.19. The molecule has 6 nitrogen and oxygen atoms in total. The van der Waals surface area contributed by atoms with Crippen LogP contribution in [0.15, 0.2) is 0 Å². The van der Waals surface area contributed by atoms with Gasteiger partial charge in [0.15, 0.2) is 5.69 Å². The van der Waals surface area contributed by atoms with Crippen molar-refractivity contribution >= 4 is 5.97 Å². The molecule has 1 saturated heterocycles. The van der Waals surface area contributed by atoms with Crippen molar-refractivity contribution in [3.8, 4) is 0 Å². The summed E-state index contributed by atoms with van der Waals surface area (Å²) in [5.74, 6) is -0.627. The topological polar surface area (TPSA) is 69.0 Å². The van der Waals surface area contributed by atoms with Gasteiger partial charge < -0.3 is 10.1 Å². The van der Waals surface area contributed by atoms with Crippen molar-refractivity contribution in [1.82, 2.24) is 20.3 Å². The molecule has 0 atom stereocenters. The lowest BCUT2D eigenvalue weighted by Crippen LogP contribution is -2.29. The molecule has 1 fully saturated rings. The van der Waals surface area contributed by atoms with E-state index >= 15 is 0 Å². The Labute approximate surface area is 109 Å². The van der Waals surface area contributed by atoms with E-state index in [1.54, 1.807) is 0 Å². The van der Waals surface area contributed by atoms with E-state index in [9.17, 15) is 13.6 Å².